The molecule has 0 radical (unpaired) electrons. The SMILES string of the molecule is COCC#CO. The molecule has 0 spiro atoms. The molecule has 0 aromatic rings. The number of hydrogen-bond donors (Lipinski definition) is 1. The number of aliphatic hydroxyl groups is 1. The van der Waals surface area contributed by atoms with Crippen molar-refractivity contribution in [2.75, 3.05) is 13.7 Å². The molecule has 0 bridgehead atoms. The van der Waals surface area contributed by atoms with Crippen molar-refractivity contribution in [3.63, 3.8) is 0 Å². The highest BCUT2D eigenvalue weighted by molar-refractivity contribution is 4.88. The van der Waals surface area contributed by atoms with Crippen molar-refractivity contribution in [2.24, 2.45) is 0 Å². The van der Waals surface area contributed by atoms with Crippen molar-refractivity contribution in [3.8, 4) is 12.0 Å². The second kappa shape index (κ2) is 4.32. The van der Waals surface area contributed by atoms with Crippen LogP contribution in [0.4, 0.5) is 0 Å². The molecule has 0 unspecified atom stereocenters. The van der Waals surface area contributed by atoms with Crippen LogP contribution in [-0.2, 0) is 4.74 Å². The molecule has 2 nitrogen and oxygen atoms in total. The maximum atomic E-state index is 7.76. The van der Waals surface area contributed by atoms with Gasteiger partial charge in [-0.05, 0) is 5.92 Å². The van der Waals surface area contributed by atoms with Crippen LogP contribution in [0, 0.1) is 12.0 Å². The lowest BCUT2D eigenvalue weighted by Crippen LogP contribution is -1.79. The predicted octanol–water partition coefficient (Wildman–Crippen LogP) is -0.0338. The van der Waals surface area contributed by atoms with Crippen LogP contribution in [0.15, 0.2) is 0 Å². The van der Waals surface area contributed by atoms with Gasteiger partial charge in [-0.2, -0.15) is 0 Å². The highest BCUT2D eigenvalue weighted by Gasteiger charge is 1.61. The summed E-state index contributed by atoms with van der Waals surface area (Å²) >= 11 is 0. The molecule has 0 aliphatic carbocycles. The van der Waals surface area contributed by atoms with Gasteiger partial charge in [0.2, 0.25) is 0 Å². The normalized spacial score (nSPS) is 6.17. The average Bonchev–Trinajstić information content (AvgIpc) is 1.61. The molecule has 1 N–H and O–H groups in total. The molecule has 34 valence electrons. The molecule has 0 saturated heterocycles. The molecular formula is C4H6O2. The lowest BCUT2D eigenvalue weighted by molar-refractivity contribution is 0.239. The maximum Gasteiger partial charge on any atom is 0.110 e. The fraction of sp³-hybridized carbons (Fsp3) is 0.500. The van der Waals surface area contributed by atoms with Crippen LogP contribution < -0.4 is 0 Å². The molecule has 6 heavy (non-hydrogen) atoms. The van der Waals surface area contributed by atoms with Crippen LogP contribution in [0.1, 0.15) is 0 Å². The van der Waals surface area contributed by atoms with Crippen molar-refractivity contribution < 1.29 is 9.84 Å². The summed E-state index contributed by atoms with van der Waals surface area (Å²) in [5.74, 6) is 2.28. The molecular weight excluding hydrogens is 80.0 g/mol. The lowest BCUT2D eigenvalue weighted by atomic mass is 10.7. The minimum absolute atomic E-state index is 0.302. The molecule has 0 fully saturated rings. The minimum atomic E-state index is 0.302. The van der Waals surface area contributed by atoms with E-state index >= 15 is 0 Å². The van der Waals surface area contributed by atoms with E-state index in [4.69, 9.17) is 5.11 Å². The number of rotatable bonds is 1. The zero-order valence-corrected chi connectivity index (χ0v) is 3.56. The van der Waals surface area contributed by atoms with Crippen molar-refractivity contribution in [3.05, 3.63) is 0 Å². The Kier molecular flexibility index (Phi) is 3.83. The number of aliphatic hydroxyl groups excluding tert-OH is 1. The largest absolute Gasteiger partial charge is 0.462 e. The Balaban J connectivity index is 2.79. The van der Waals surface area contributed by atoms with Gasteiger partial charge < -0.3 is 9.84 Å². The Morgan fingerprint density at radius 1 is 1.83 bits per heavy atom. The molecule has 0 aliphatic rings. The summed E-state index contributed by atoms with van der Waals surface area (Å²) in [5.41, 5.74) is 0. The van der Waals surface area contributed by atoms with Gasteiger partial charge in [0, 0.05) is 7.11 Å². The van der Waals surface area contributed by atoms with E-state index in [0.717, 1.165) is 0 Å². The van der Waals surface area contributed by atoms with E-state index in [2.05, 4.69) is 10.7 Å². The van der Waals surface area contributed by atoms with E-state index in [9.17, 15) is 0 Å². The Morgan fingerprint density at radius 2 is 2.50 bits per heavy atom. The third-order valence-electron chi connectivity index (χ3n) is 0.296. The first-order chi connectivity index (χ1) is 2.91. The fourth-order valence-electron chi connectivity index (χ4n) is 0.104. The molecule has 0 aromatic carbocycles. The molecule has 0 aliphatic heterocycles. The summed E-state index contributed by atoms with van der Waals surface area (Å²) < 4.78 is 4.45. The number of hydrogen-bond acceptors (Lipinski definition) is 2. The van der Waals surface area contributed by atoms with Crippen LogP contribution in [0.5, 0.6) is 0 Å². The standard InChI is InChI=1S/C4H6O2/c1-6-4-2-3-5/h5H,4H2,1H3. The van der Waals surface area contributed by atoms with Gasteiger partial charge in [0.25, 0.3) is 0 Å². The van der Waals surface area contributed by atoms with Crippen LogP contribution in [0.25, 0.3) is 0 Å². The molecule has 2 heteroatoms. The highest BCUT2D eigenvalue weighted by atomic mass is 16.5. The maximum absolute atomic E-state index is 7.76. The Labute approximate surface area is 36.7 Å². The van der Waals surface area contributed by atoms with Gasteiger partial charge in [-0.25, -0.2) is 0 Å². The van der Waals surface area contributed by atoms with Gasteiger partial charge in [-0.1, -0.05) is 0 Å². The summed E-state index contributed by atoms with van der Waals surface area (Å²) in [5, 5.41) is 7.76. The first-order valence-corrected chi connectivity index (χ1v) is 1.52. The van der Waals surface area contributed by atoms with Crippen molar-refractivity contribution >= 4 is 0 Å². The van der Waals surface area contributed by atoms with E-state index in [-0.39, 0.29) is 0 Å². The van der Waals surface area contributed by atoms with Crippen LogP contribution in [-0.4, -0.2) is 18.8 Å². The first kappa shape index (κ1) is 5.32. The van der Waals surface area contributed by atoms with E-state index < -0.39 is 0 Å². The van der Waals surface area contributed by atoms with E-state index in [1.165, 1.54) is 7.11 Å². The summed E-state index contributed by atoms with van der Waals surface area (Å²) in [6.07, 6.45) is 1.69. The van der Waals surface area contributed by atoms with Gasteiger partial charge >= 0.3 is 0 Å². The molecule has 0 amide bonds. The van der Waals surface area contributed by atoms with E-state index in [1.54, 1.807) is 6.11 Å². The van der Waals surface area contributed by atoms with Gasteiger partial charge in [0.1, 0.15) is 12.7 Å². The molecule has 0 aromatic heterocycles. The van der Waals surface area contributed by atoms with Crippen molar-refractivity contribution in [1.82, 2.24) is 0 Å². The topological polar surface area (TPSA) is 29.5 Å². The zero-order valence-electron chi connectivity index (χ0n) is 3.56. The minimum Gasteiger partial charge on any atom is -0.462 e. The summed E-state index contributed by atoms with van der Waals surface area (Å²) in [6, 6.07) is 0. The van der Waals surface area contributed by atoms with Gasteiger partial charge in [-0.3, -0.25) is 0 Å². The second-order valence-electron chi connectivity index (χ2n) is 0.722. The predicted molar refractivity (Wildman–Crippen MR) is 21.6 cm³/mol. The monoisotopic (exact) mass is 86.0 g/mol. The average molecular weight is 86.1 g/mol. The van der Waals surface area contributed by atoms with Crippen molar-refractivity contribution in [2.45, 2.75) is 0 Å². The van der Waals surface area contributed by atoms with Crippen LogP contribution in [0.3, 0.4) is 0 Å². The summed E-state index contributed by atoms with van der Waals surface area (Å²) in [7, 11) is 1.52. The smallest absolute Gasteiger partial charge is 0.110 e. The van der Waals surface area contributed by atoms with E-state index in [1.807, 2.05) is 0 Å². The Bertz CT molecular complexity index is 67.4. The zero-order chi connectivity index (χ0) is 4.83. The molecule has 0 atom stereocenters. The molecule has 0 heterocycles. The first-order valence-electron chi connectivity index (χ1n) is 1.52. The third kappa shape index (κ3) is 3.32. The quantitative estimate of drug-likeness (QED) is 0.454. The number of ether oxygens (including phenoxy) is 1. The number of methoxy groups -OCH3 is 1. The van der Waals surface area contributed by atoms with Gasteiger partial charge in [-0.15, -0.1) is 0 Å². The van der Waals surface area contributed by atoms with Crippen LogP contribution >= 0.6 is 0 Å². The Morgan fingerprint density at radius 3 is 2.67 bits per heavy atom. The Hall–Kier alpha value is -0.680. The molecule has 0 rings (SSSR count). The highest BCUT2D eigenvalue weighted by Crippen LogP contribution is 1.56. The van der Waals surface area contributed by atoms with Gasteiger partial charge in [0.15, 0.2) is 0 Å². The van der Waals surface area contributed by atoms with E-state index in [0.29, 0.717) is 6.61 Å². The summed E-state index contributed by atoms with van der Waals surface area (Å²) in [6.45, 7) is 0.302. The molecule has 0 saturated carbocycles. The van der Waals surface area contributed by atoms with Crippen LogP contribution in [0.2, 0.25) is 0 Å². The second-order valence-corrected chi connectivity index (χ2v) is 0.722. The third-order valence-corrected chi connectivity index (χ3v) is 0.296. The summed E-state index contributed by atoms with van der Waals surface area (Å²) in [4.78, 5) is 0. The lowest BCUT2D eigenvalue weighted by Gasteiger charge is -1.77. The van der Waals surface area contributed by atoms with Gasteiger partial charge in [0.05, 0.1) is 0 Å². The fourth-order valence-corrected chi connectivity index (χ4v) is 0.104. The van der Waals surface area contributed by atoms with Crippen molar-refractivity contribution in [1.29, 1.82) is 0 Å².